The number of carbonyl (C=O) groups is 2. The van der Waals surface area contributed by atoms with Crippen molar-refractivity contribution in [1.82, 2.24) is 14.5 Å². The Morgan fingerprint density at radius 1 is 0.905 bits per heavy atom. The highest BCUT2D eigenvalue weighted by Gasteiger charge is 2.31. The first-order chi connectivity index (χ1) is 20.4. The number of benzene rings is 3. The monoisotopic (exact) mass is 591 g/mol. The van der Waals surface area contributed by atoms with Gasteiger partial charge in [0.25, 0.3) is 0 Å². The van der Waals surface area contributed by atoms with Gasteiger partial charge in [-0.2, -0.15) is 4.31 Å². The maximum atomic E-state index is 13.9. The Bertz CT molecular complexity index is 1380. The number of nitrogens with zero attached hydrogens (tertiary/aromatic N) is 2. The molecule has 224 valence electrons. The van der Waals surface area contributed by atoms with Gasteiger partial charge in [0.15, 0.2) is 0 Å². The van der Waals surface area contributed by atoms with Gasteiger partial charge in [-0.05, 0) is 61.4 Å². The molecular weight excluding hydrogens is 550 g/mol. The molecule has 1 N–H and O–H groups in total. The summed E-state index contributed by atoms with van der Waals surface area (Å²) in [6.45, 7) is 4.94. The minimum absolute atomic E-state index is 0.161. The van der Waals surface area contributed by atoms with Gasteiger partial charge < -0.3 is 15.0 Å². The molecule has 1 unspecified atom stereocenters. The summed E-state index contributed by atoms with van der Waals surface area (Å²) in [5.74, 6) is -0.399. The van der Waals surface area contributed by atoms with Crippen LogP contribution in [0.4, 0.5) is 0 Å². The van der Waals surface area contributed by atoms with Crippen LogP contribution < -0.4 is 5.32 Å². The van der Waals surface area contributed by atoms with E-state index in [1.165, 1.54) is 4.31 Å². The number of ether oxygens (including phenoxy) is 1. The molecule has 3 aromatic carbocycles. The van der Waals surface area contributed by atoms with Crippen molar-refractivity contribution < 1.29 is 22.7 Å². The zero-order chi connectivity index (χ0) is 29.8. The minimum atomic E-state index is -3.49. The summed E-state index contributed by atoms with van der Waals surface area (Å²) in [6.07, 6.45) is 3.04. The van der Waals surface area contributed by atoms with Crippen molar-refractivity contribution in [2.24, 2.45) is 0 Å². The molecule has 0 radical (unpaired) electrons. The Balaban J connectivity index is 1.52. The number of sulfonamides is 1. The van der Waals surface area contributed by atoms with Gasteiger partial charge in [-0.1, -0.05) is 72.8 Å². The van der Waals surface area contributed by atoms with Gasteiger partial charge in [0.2, 0.25) is 21.8 Å². The van der Waals surface area contributed by atoms with Crippen LogP contribution in [0.5, 0.6) is 0 Å². The Morgan fingerprint density at radius 2 is 1.55 bits per heavy atom. The van der Waals surface area contributed by atoms with Crippen LogP contribution in [0.15, 0.2) is 89.8 Å². The molecule has 0 saturated carbocycles. The molecule has 1 aliphatic heterocycles. The molecule has 8 nitrogen and oxygen atoms in total. The maximum Gasteiger partial charge on any atom is 0.247 e. The number of carbonyl (C=O) groups excluding carboxylic acids is 2. The summed E-state index contributed by atoms with van der Waals surface area (Å²) in [6, 6.07) is 25.0. The molecule has 0 bridgehead atoms. The fourth-order valence-corrected chi connectivity index (χ4v) is 6.66. The number of amides is 2. The molecule has 1 fully saturated rings. The van der Waals surface area contributed by atoms with Gasteiger partial charge in [0.05, 0.1) is 4.90 Å². The molecule has 3 aromatic rings. The second-order valence-electron chi connectivity index (χ2n) is 10.4. The van der Waals surface area contributed by atoms with E-state index in [0.717, 1.165) is 29.5 Å². The Hall–Kier alpha value is -3.53. The Morgan fingerprint density at radius 3 is 2.19 bits per heavy atom. The average molecular weight is 592 g/mol. The SMILES string of the molecule is CCOCCCNC(=O)C(c1ccccc1)N(Cc1ccccc1)C(=O)CCc1ccc(S(=O)(=O)N2CCCC2)cc1. The van der Waals surface area contributed by atoms with Gasteiger partial charge >= 0.3 is 0 Å². The van der Waals surface area contributed by atoms with Gasteiger partial charge in [-0.15, -0.1) is 0 Å². The van der Waals surface area contributed by atoms with Crippen LogP contribution in [0.3, 0.4) is 0 Å². The van der Waals surface area contributed by atoms with Crippen molar-refractivity contribution in [3.8, 4) is 0 Å². The molecule has 0 aromatic heterocycles. The Kier molecular flexibility index (Phi) is 11.7. The highest BCUT2D eigenvalue weighted by molar-refractivity contribution is 7.89. The molecule has 4 rings (SSSR count). The summed E-state index contributed by atoms with van der Waals surface area (Å²) in [5.41, 5.74) is 2.52. The van der Waals surface area contributed by atoms with Gasteiger partial charge in [0.1, 0.15) is 6.04 Å². The van der Waals surface area contributed by atoms with Crippen LogP contribution in [0.1, 0.15) is 55.3 Å². The molecule has 1 atom stereocenters. The molecular formula is C33H41N3O5S. The van der Waals surface area contributed by atoms with Crippen molar-refractivity contribution in [3.05, 3.63) is 102 Å². The molecule has 1 heterocycles. The smallest absolute Gasteiger partial charge is 0.247 e. The van der Waals surface area contributed by atoms with Crippen molar-refractivity contribution in [1.29, 1.82) is 0 Å². The van der Waals surface area contributed by atoms with Gasteiger partial charge in [0, 0.05) is 45.8 Å². The molecule has 0 aliphatic carbocycles. The first kappa shape index (κ1) is 31.4. The quantitative estimate of drug-likeness (QED) is 0.258. The van der Waals surface area contributed by atoms with Crippen LogP contribution in [-0.4, -0.2) is 62.3 Å². The zero-order valence-electron chi connectivity index (χ0n) is 24.3. The maximum absolute atomic E-state index is 13.9. The second kappa shape index (κ2) is 15.6. The third-order valence-corrected chi connectivity index (χ3v) is 9.33. The summed E-state index contributed by atoms with van der Waals surface area (Å²) in [7, 11) is -3.49. The van der Waals surface area contributed by atoms with Crippen LogP contribution in [-0.2, 0) is 37.3 Å². The third kappa shape index (κ3) is 8.50. The second-order valence-corrected chi connectivity index (χ2v) is 12.4. The lowest BCUT2D eigenvalue weighted by molar-refractivity contribution is -0.141. The zero-order valence-corrected chi connectivity index (χ0v) is 25.1. The van der Waals surface area contributed by atoms with Gasteiger partial charge in [-0.25, -0.2) is 8.42 Å². The lowest BCUT2D eigenvalue weighted by Gasteiger charge is -2.32. The first-order valence-electron chi connectivity index (χ1n) is 14.7. The largest absolute Gasteiger partial charge is 0.382 e. The molecule has 42 heavy (non-hydrogen) atoms. The molecule has 1 aliphatic rings. The van der Waals surface area contributed by atoms with Crippen LogP contribution in [0.2, 0.25) is 0 Å². The van der Waals surface area contributed by atoms with Crippen LogP contribution >= 0.6 is 0 Å². The number of hydrogen-bond donors (Lipinski definition) is 1. The predicted molar refractivity (Wildman–Crippen MR) is 163 cm³/mol. The topological polar surface area (TPSA) is 96.0 Å². The summed E-state index contributed by atoms with van der Waals surface area (Å²) in [5, 5.41) is 3.00. The summed E-state index contributed by atoms with van der Waals surface area (Å²) in [4.78, 5) is 29.4. The number of nitrogens with one attached hydrogen (secondary N) is 1. The number of rotatable bonds is 15. The van der Waals surface area contributed by atoms with E-state index in [-0.39, 0.29) is 29.7 Å². The minimum Gasteiger partial charge on any atom is -0.382 e. The number of hydrogen-bond acceptors (Lipinski definition) is 5. The highest BCUT2D eigenvalue weighted by atomic mass is 32.2. The Labute approximate surface area is 249 Å². The molecule has 1 saturated heterocycles. The van der Waals surface area contributed by atoms with Crippen molar-refractivity contribution in [2.45, 2.75) is 56.5 Å². The summed E-state index contributed by atoms with van der Waals surface area (Å²) < 4.78 is 32.7. The molecule has 9 heteroatoms. The first-order valence-corrected chi connectivity index (χ1v) is 16.2. The lowest BCUT2D eigenvalue weighted by Crippen LogP contribution is -2.43. The summed E-state index contributed by atoms with van der Waals surface area (Å²) >= 11 is 0. The predicted octanol–water partition coefficient (Wildman–Crippen LogP) is 4.72. The third-order valence-electron chi connectivity index (χ3n) is 7.41. The van der Waals surface area contributed by atoms with E-state index >= 15 is 0 Å². The van der Waals surface area contributed by atoms with E-state index in [9.17, 15) is 18.0 Å². The van der Waals surface area contributed by atoms with Gasteiger partial charge in [-0.3, -0.25) is 9.59 Å². The van der Waals surface area contributed by atoms with Crippen LogP contribution in [0.25, 0.3) is 0 Å². The van der Waals surface area contributed by atoms with Crippen LogP contribution in [0, 0.1) is 0 Å². The van der Waals surface area contributed by atoms with E-state index in [1.54, 1.807) is 29.2 Å². The van der Waals surface area contributed by atoms with E-state index in [0.29, 0.717) is 45.7 Å². The van der Waals surface area contributed by atoms with Crippen molar-refractivity contribution in [2.75, 3.05) is 32.8 Å². The van der Waals surface area contributed by atoms with Crippen molar-refractivity contribution in [3.63, 3.8) is 0 Å². The van der Waals surface area contributed by atoms with E-state index in [1.807, 2.05) is 67.6 Å². The standard InChI is InChI=1S/C33H41N3O5S/c1-2-41-25-11-22-34-33(38)32(29-14-7-4-8-15-29)36(26-28-12-5-3-6-13-28)31(37)21-18-27-16-19-30(20-17-27)42(39,40)35-23-9-10-24-35/h3-8,12-17,19-20,32H,2,9-11,18,21-26H2,1H3,(H,34,38). The fraction of sp³-hybridized carbons (Fsp3) is 0.394. The van der Waals surface area contributed by atoms with E-state index in [2.05, 4.69) is 5.32 Å². The molecule has 0 spiro atoms. The molecule has 2 amide bonds. The normalized spacial score (nSPS) is 14.4. The fourth-order valence-electron chi connectivity index (χ4n) is 5.14. The number of aryl methyl sites for hydroxylation is 1. The highest BCUT2D eigenvalue weighted by Crippen LogP contribution is 2.26. The average Bonchev–Trinajstić information content (AvgIpc) is 3.57. The van der Waals surface area contributed by atoms with Crippen molar-refractivity contribution >= 4 is 21.8 Å². The van der Waals surface area contributed by atoms with E-state index in [4.69, 9.17) is 4.74 Å². The lowest BCUT2D eigenvalue weighted by atomic mass is 10.0. The van der Waals surface area contributed by atoms with E-state index < -0.39 is 16.1 Å².